The summed E-state index contributed by atoms with van der Waals surface area (Å²) in [6, 6.07) is 8.05. The zero-order valence-electron chi connectivity index (χ0n) is 8.67. The molecule has 0 unspecified atom stereocenters. The van der Waals surface area contributed by atoms with E-state index in [1.54, 1.807) is 25.1 Å². The van der Waals surface area contributed by atoms with Gasteiger partial charge in [0.05, 0.1) is 11.5 Å². The minimum Gasteiger partial charge on any atom is -0.481 e. The van der Waals surface area contributed by atoms with Gasteiger partial charge in [-0.05, 0) is 19.1 Å². The molecule has 0 fully saturated rings. The van der Waals surface area contributed by atoms with Gasteiger partial charge in [-0.1, -0.05) is 18.2 Å². The maximum Gasteiger partial charge on any atom is 0.285 e. The molecule has 0 spiro atoms. The van der Waals surface area contributed by atoms with E-state index in [1.807, 2.05) is 0 Å². The molecule has 1 aromatic rings. The standard InChI is InChI=1S/C10H13NO3S/c1-3-14-9(2)11-15(12,13)10-7-5-4-6-8-10/h4-8H,3H2,1-2H3/b11-9+. The van der Waals surface area contributed by atoms with Crippen LogP contribution in [0.25, 0.3) is 0 Å². The Kier molecular flexibility index (Phi) is 3.85. The first-order chi connectivity index (χ1) is 7.06. The minimum atomic E-state index is -3.62. The number of benzene rings is 1. The van der Waals surface area contributed by atoms with E-state index in [-0.39, 0.29) is 10.8 Å². The van der Waals surface area contributed by atoms with Crippen molar-refractivity contribution in [2.24, 2.45) is 4.40 Å². The Morgan fingerprint density at radius 2 is 1.93 bits per heavy atom. The first kappa shape index (κ1) is 11.7. The highest BCUT2D eigenvalue weighted by molar-refractivity contribution is 7.90. The Hall–Kier alpha value is -1.36. The first-order valence-corrected chi connectivity index (χ1v) is 5.99. The van der Waals surface area contributed by atoms with Crippen LogP contribution in [0.3, 0.4) is 0 Å². The lowest BCUT2D eigenvalue weighted by atomic mass is 10.4. The number of hydrogen-bond donors (Lipinski definition) is 0. The predicted molar refractivity (Wildman–Crippen MR) is 58.4 cm³/mol. The molecular weight excluding hydrogens is 214 g/mol. The van der Waals surface area contributed by atoms with Gasteiger partial charge in [-0.25, -0.2) is 0 Å². The Labute approximate surface area is 89.7 Å². The Balaban J connectivity index is 3.00. The molecule has 0 saturated carbocycles. The molecule has 82 valence electrons. The van der Waals surface area contributed by atoms with E-state index in [2.05, 4.69) is 4.40 Å². The van der Waals surface area contributed by atoms with Crippen LogP contribution in [0, 0.1) is 0 Å². The molecule has 0 amide bonds. The van der Waals surface area contributed by atoms with E-state index >= 15 is 0 Å². The Bertz CT molecular complexity index is 437. The highest BCUT2D eigenvalue weighted by atomic mass is 32.2. The topological polar surface area (TPSA) is 55.7 Å². The van der Waals surface area contributed by atoms with Crippen molar-refractivity contribution in [1.29, 1.82) is 0 Å². The summed E-state index contributed by atoms with van der Waals surface area (Å²) >= 11 is 0. The average molecular weight is 227 g/mol. The van der Waals surface area contributed by atoms with Gasteiger partial charge in [0.15, 0.2) is 5.90 Å². The summed E-state index contributed by atoms with van der Waals surface area (Å²) < 4.78 is 31.8. The summed E-state index contributed by atoms with van der Waals surface area (Å²) in [5, 5.41) is 0. The van der Waals surface area contributed by atoms with Gasteiger partial charge in [0.2, 0.25) is 0 Å². The van der Waals surface area contributed by atoms with Gasteiger partial charge in [0, 0.05) is 6.92 Å². The lowest BCUT2D eigenvalue weighted by Gasteiger charge is -2.02. The number of ether oxygens (including phenoxy) is 1. The van der Waals surface area contributed by atoms with E-state index in [0.29, 0.717) is 6.61 Å². The molecule has 0 saturated heterocycles. The number of sulfonamides is 1. The zero-order valence-corrected chi connectivity index (χ0v) is 9.49. The molecule has 0 aliphatic carbocycles. The van der Waals surface area contributed by atoms with Crippen molar-refractivity contribution in [3.8, 4) is 0 Å². The number of rotatable bonds is 3. The number of nitrogens with zero attached hydrogens (tertiary/aromatic N) is 1. The van der Waals surface area contributed by atoms with Crippen LogP contribution in [0.2, 0.25) is 0 Å². The van der Waals surface area contributed by atoms with Crippen LogP contribution in [0.1, 0.15) is 13.8 Å². The molecule has 15 heavy (non-hydrogen) atoms. The SMILES string of the molecule is CCO/C(C)=N/S(=O)(=O)c1ccccc1. The second-order valence-corrected chi connectivity index (χ2v) is 4.44. The maximum absolute atomic E-state index is 11.6. The van der Waals surface area contributed by atoms with E-state index < -0.39 is 10.0 Å². The molecule has 0 aromatic heterocycles. The zero-order chi connectivity index (χ0) is 11.3. The fourth-order valence-electron chi connectivity index (χ4n) is 1.05. The third-order valence-corrected chi connectivity index (χ3v) is 3.01. The molecule has 0 heterocycles. The average Bonchev–Trinajstić information content (AvgIpc) is 2.18. The molecule has 0 N–H and O–H groups in total. The summed E-state index contributed by atoms with van der Waals surface area (Å²) in [6.07, 6.45) is 0. The summed E-state index contributed by atoms with van der Waals surface area (Å²) in [4.78, 5) is 0.170. The van der Waals surface area contributed by atoms with Crippen LogP contribution < -0.4 is 0 Å². The van der Waals surface area contributed by atoms with Crippen LogP contribution in [0.5, 0.6) is 0 Å². The highest BCUT2D eigenvalue weighted by Gasteiger charge is 2.12. The van der Waals surface area contributed by atoms with Crippen LogP contribution in [0.15, 0.2) is 39.6 Å². The predicted octanol–water partition coefficient (Wildman–Crippen LogP) is 1.83. The van der Waals surface area contributed by atoms with Gasteiger partial charge >= 0.3 is 0 Å². The van der Waals surface area contributed by atoms with Crippen molar-refractivity contribution in [3.05, 3.63) is 30.3 Å². The van der Waals surface area contributed by atoms with Crippen LogP contribution in [-0.4, -0.2) is 20.9 Å². The van der Waals surface area contributed by atoms with Gasteiger partial charge in [-0.3, -0.25) is 0 Å². The molecule has 0 bridgehead atoms. The molecule has 0 aliphatic rings. The highest BCUT2D eigenvalue weighted by Crippen LogP contribution is 2.11. The van der Waals surface area contributed by atoms with Gasteiger partial charge in [0.25, 0.3) is 10.0 Å². The quantitative estimate of drug-likeness (QED) is 0.584. The summed E-state index contributed by atoms with van der Waals surface area (Å²) in [7, 11) is -3.62. The van der Waals surface area contributed by atoms with Crippen LogP contribution in [-0.2, 0) is 14.8 Å². The smallest absolute Gasteiger partial charge is 0.285 e. The summed E-state index contributed by atoms with van der Waals surface area (Å²) in [5.41, 5.74) is 0. The van der Waals surface area contributed by atoms with Crippen molar-refractivity contribution in [1.82, 2.24) is 0 Å². The fraction of sp³-hybridized carbons (Fsp3) is 0.300. The van der Waals surface area contributed by atoms with E-state index in [4.69, 9.17) is 4.74 Å². The molecule has 0 aliphatic heterocycles. The molecular formula is C10H13NO3S. The Morgan fingerprint density at radius 1 is 1.33 bits per heavy atom. The van der Waals surface area contributed by atoms with E-state index in [1.165, 1.54) is 19.1 Å². The molecule has 0 radical (unpaired) electrons. The molecule has 0 atom stereocenters. The molecule has 1 aromatic carbocycles. The van der Waals surface area contributed by atoms with Crippen LogP contribution >= 0.6 is 0 Å². The molecule has 1 rings (SSSR count). The van der Waals surface area contributed by atoms with Crippen molar-refractivity contribution < 1.29 is 13.2 Å². The van der Waals surface area contributed by atoms with Gasteiger partial charge in [-0.2, -0.15) is 8.42 Å². The van der Waals surface area contributed by atoms with E-state index in [0.717, 1.165) is 0 Å². The van der Waals surface area contributed by atoms with Gasteiger partial charge in [-0.15, -0.1) is 4.40 Å². The summed E-state index contributed by atoms with van der Waals surface area (Å²) in [6.45, 7) is 3.69. The third kappa shape index (κ3) is 3.36. The minimum absolute atomic E-state index is 0.154. The second-order valence-electron chi connectivity index (χ2n) is 2.83. The summed E-state index contributed by atoms with van der Waals surface area (Å²) in [5.74, 6) is 0.154. The maximum atomic E-state index is 11.6. The normalized spacial score (nSPS) is 12.5. The van der Waals surface area contributed by atoms with Crippen molar-refractivity contribution in [3.63, 3.8) is 0 Å². The largest absolute Gasteiger partial charge is 0.481 e. The number of hydrogen-bond acceptors (Lipinski definition) is 3. The Morgan fingerprint density at radius 3 is 2.47 bits per heavy atom. The monoisotopic (exact) mass is 227 g/mol. The van der Waals surface area contributed by atoms with Gasteiger partial charge in [0.1, 0.15) is 0 Å². The van der Waals surface area contributed by atoms with Crippen molar-refractivity contribution >= 4 is 15.9 Å². The van der Waals surface area contributed by atoms with Crippen LogP contribution in [0.4, 0.5) is 0 Å². The second kappa shape index (κ2) is 4.93. The third-order valence-electron chi connectivity index (χ3n) is 1.64. The van der Waals surface area contributed by atoms with Crippen molar-refractivity contribution in [2.75, 3.05) is 6.61 Å². The van der Waals surface area contributed by atoms with Gasteiger partial charge < -0.3 is 4.74 Å². The van der Waals surface area contributed by atoms with E-state index in [9.17, 15) is 8.42 Å². The molecule has 4 nitrogen and oxygen atoms in total. The first-order valence-electron chi connectivity index (χ1n) is 4.55. The van der Waals surface area contributed by atoms with Crippen molar-refractivity contribution in [2.45, 2.75) is 18.7 Å². The fourth-order valence-corrected chi connectivity index (χ4v) is 2.05. The molecule has 5 heteroatoms. The lowest BCUT2D eigenvalue weighted by Crippen LogP contribution is -2.05. The lowest BCUT2D eigenvalue weighted by molar-refractivity contribution is 0.325.